The molecule has 2 aliphatic rings. The molecule has 1 unspecified atom stereocenters. The van der Waals surface area contributed by atoms with Gasteiger partial charge in [0.1, 0.15) is 6.10 Å². The van der Waals surface area contributed by atoms with Crippen molar-refractivity contribution in [3.05, 3.63) is 0 Å². The van der Waals surface area contributed by atoms with E-state index in [0.29, 0.717) is 17.2 Å². The molecule has 2 saturated carbocycles. The van der Waals surface area contributed by atoms with Crippen molar-refractivity contribution in [3.63, 3.8) is 0 Å². The minimum Gasteiger partial charge on any atom is -0.380 e. The highest BCUT2D eigenvalue weighted by Crippen LogP contribution is 2.29. The third-order valence-corrected chi connectivity index (χ3v) is 6.13. The van der Waals surface area contributed by atoms with Crippen LogP contribution in [0.4, 0.5) is 0 Å². The second kappa shape index (κ2) is 13.5. The molecule has 0 aromatic heterocycles. The Kier molecular flexibility index (Phi) is 12.4. The molecule has 1 nitrogen and oxygen atoms in total. The molecule has 0 spiro atoms. The van der Waals surface area contributed by atoms with Gasteiger partial charge in [-0.15, -0.1) is 11.6 Å². The van der Waals surface area contributed by atoms with Crippen LogP contribution in [0.3, 0.4) is 0 Å². The zero-order valence-electron chi connectivity index (χ0n) is 15.0. The Morgan fingerprint density at radius 2 is 1.87 bits per heavy atom. The van der Waals surface area contributed by atoms with Gasteiger partial charge in [0.25, 0.3) is 0 Å². The predicted molar refractivity (Wildman–Crippen MR) is 105 cm³/mol. The Labute approximate surface area is 153 Å². The van der Waals surface area contributed by atoms with E-state index >= 15 is 0 Å². The maximum Gasteiger partial charge on any atom is 0.117 e. The average molecular weight is 359 g/mol. The summed E-state index contributed by atoms with van der Waals surface area (Å²) >= 11 is 8.07. The van der Waals surface area contributed by atoms with Crippen LogP contribution in [0.15, 0.2) is 0 Å². The van der Waals surface area contributed by atoms with Gasteiger partial charge < -0.3 is 5.11 Å². The summed E-state index contributed by atoms with van der Waals surface area (Å²) in [7, 11) is 0. The Hall–Kier alpha value is 0.160. The van der Waals surface area contributed by atoms with Gasteiger partial charge >= 0.3 is 0 Å². The number of halogens is 1. The first kappa shape index (κ1) is 21.2. The van der Waals surface area contributed by atoms with E-state index in [1.54, 1.807) is 0 Å². The fourth-order valence-electron chi connectivity index (χ4n) is 3.22. The highest BCUT2D eigenvalue weighted by molar-refractivity contribution is 7.99. The van der Waals surface area contributed by atoms with Gasteiger partial charge in [0, 0.05) is 11.3 Å². The van der Waals surface area contributed by atoms with Gasteiger partial charge in [-0.3, -0.25) is 0 Å². The number of hydrogen-bond acceptors (Lipinski definition) is 2. The second-order valence-corrected chi connectivity index (χ2v) is 8.80. The lowest BCUT2D eigenvalue weighted by molar-refractivity contribution is 0.133. The highest BCUT2D eigenvalue weighted by Gasteiger charge is 2.22. The molecule has 3 heteroatoms. The molecule has 0 radical (unpaired) electrons. The van der Waals surface area contributed by atoms with Gasteiger partial charge in [0.15, 0.2) is 0 Å². The Morgan fingerprint density at radius 3 is 2.43 bits per heavy atom. The standard InChI is InChI=1S/C14H21ClO.C6H14S/c15-13-8-6-11(10-13)7-9-14(16)12-4-2-1-3-5-12;1-3-5-6-7-4-2/h11-14,16H,1-6,8,10H2;3-6H2,1-2H3/t11-,13?,14-;/m1./s1. The van der Waals surface area contributed by atoms with Crippen LogP contribution in [0.5, 0.6) is 0 Å². The van der Waals surface area contributed by atoms with Gasteiger partial charge in [-0.25, -0.2) is 0 Å². The van der Waals surface area contributed by atoms with Crippen LogP contribution in [0.25, 0.3) is 0 Å². The smallest absolute Gasteiger partial charge is 0.117 e. The van der Waals surface area contributed by atoms with Crippen LogP contribution < -0.4 is 0 Å². The molecule has 23 heavy (non-hydrogen) atoms. The van der Waals surface area contributed by atoms with E-state index in [1.165, 1.54) is 43.6 Å². The van der Waals surface area contributed by atoms with E-state index in [4.69, 9.17) is 11.6 Å². The third-order valence-electron chi connectivity index (χ3n) is 4.75. The summed E-state index contributed by atoms with van der Waals surface area (Å²) in [4.78, 5) is 0. The molecule has 0 aliphatic heterocycles. The normalized spacial score (nSPS) is 25.9. The highest BCUT2D eigenvalue weighted by atomic mass is 35.5. The van der Waals surface area contributed by atoms with E-state index in [0.717, 1.165) is 32.1 Å². The van der Waals surface area contributed by atoms with Gasteiger partial charge in [-0.05, 0) is 55.9 Å². The molecule has 2 fully saturated rings. The molecule has 0 amide bonds. The summed E-state index contributed by atoms with van der Waals surface area (Å²) in [6.45, 7) is 4.44. The summed E-state index contributed by atoms with van der Waals surface area (Å²) < 4.78 is 0. The first-order valence-corrected chi connectivity index (χ1v) is 11.2. The maximum atomic E-state index is 9.99. The predicted octanol–water partition coefficient (Wildman–Crippen LogP) is 5.88. The number of unbranched alkanes of at least 4 members (excludes halogenated alkanes) is 1. The van der Waals surface area contributed by atoms with Crippen molar-refractivity contribution in [2.45, 2.75) is 89.5 Å². The van der Waals surface area contributed by atoms with Gasteiger partial charge in [-0.1, -0.05) is 51.4 Å². The Morgan fingerprint density at radius 1 is 1.13 bits per heavy atom. The molecule has 1 N–H and O–H groups in total. The minimum absolute atomic E-state index is 0.311. The molecular weight excluding hydrogens is 324 g/mol. The molecule has 0 heterocycles. The Bertz CT molecular complexity index is 339. The first-order chi connectivity index (χ1) is 11.2. The average Bonchev–Trinajstić information content (AvgIpc) is 3.00. The number of aliphatic hydroxyl groups is 1. The summed E-state index contributed by atoms with van der Waals surface area (Å²) in [6, 6.07) is 0. The largest absolute Gasteiger partial charge is 0.380 e. The topological polar surface area (TPSA) is 20.2 Å². The van der Waals surface area contributed by atoms with Crippen molar-refractivity contribution in [1.29, 1.82) is 0 Å². The lowest BCUT2D eigenvalue weighted by atomic mass is 9.85. The van der Waals surface area contributed by atoms with E-state index in [2.05, 4.69) is 25.7 Å². The van der Waals surface area contributed by atoms with Crippen LogP contribution in [0.2, 0.25) is 0 Å². The maximum absolute atomic E-state index is 9.99. The molecule has 134 valence electrons. The molecule has 0 saturated heterocycles. The van der Waals surface area contributed by atoms with E-state index in [9.17, 15) is 5.11 Å². The van der Waals surface area contributed by atoms with Gasteiger partial charge in [0.05, 0.1) is 0 Å². The summed E-state index contributed by atoms with van der Waals surface area (Å²) in [5.74, 6) is 9.77. The molecule has 2 rings (SSSR count). The second-order valence-electron chi connectivity index (χ2n) is 6.79. The molecule has 0 aromatic rings. The summed E-state index contributed by atoms with van der Waals surface area (Å²) in [5, 5.41) is 10.3. The fourth-order valence-corrected chi connectivity index (χ4v) is 4.34. The molecule has 0 bridgehead atoms. The van der Waals surface area contributed by atoms with Crippen LogP contribution in [0.1, 0.15) is 78.1 Å². The zero-order valence-corrected chi connectivity index (χ0v) is 16.6. The first-order valence-electron chi connectivity index (χ1n) is 9.58. The Balaban J connectivity index is 0.000000322. The van der Waals surface area contributed by atoms with E-state index in [-0.39, 0.29) is 0 Å². The van der Waals surface area contributed by atoms with Crippen molar-refractivity contribution in [1.82, 2.24) is 0 Å². The quantitative estimate of drug-likeness (QED) is 0.376. The minimum atomic E-state index is -0.394. The third kappa shape index (κ3) is 9.90. The van der Waals surface area contributed by atoms with Gasteiger partial charge in [-0.2, -0.15) is 11.8 Å². The van der Waals surface area contributed by atoms with Crippen LogP contribution in [0, 0.1) is 23.7 Å². The summed E-state index contributed by atoms with van der Waals surface area (Å²) in [6.07, 6.45) is 11.7. The van der Waals surface area contributed by atoms with Crippen molar-refractivity contribution in [2.24, 2.45) is 11.8 Å². The molecule has 0 aromatic carbocycles. The monoisotopic (exact) mass is 358 g/mol. The van der Waals surface area contributed by atoms with Crippen LogP contribution in [-0.2, 0) is 0 Å². The number of thioether (sulfide) groups is 1. The van der Waals surface area contributed by atoms with Crippen molar-refractivity contribution in [2.75, 3.05) is 11.5 Å². The SMILES string of the molecule is CCCCSCC.O[C@H](C#C[C@H]1CCC(Cl)C1)C1CCCCC1. The lowest BCUT2D eigenvalue weighted by Crippen LogP contribution is -2.21. The van der Waals surface area contributed by atoms with Crippen LogP contribution >= 0.6 is 23.4 Å². The molecular formula is C20H35ClOS. The number of rotatable bonds is 5. The van der Waals surface area contributed by atoms with Crippen LogP contribution in [-0.4, -0.2) is 28.1 Å². The fraction of sp³-hybridized carbons (Fsp3) is 0.900. The van der Waals surface area contributed by atoms with Crippen molar-refractivity contribution in [3.8, 4) is 11.8 Å². The number of hydrogen-bond donors (Lipinski definition) is 1. The summed E-state index contributed by atoms with van der Waals surface area (Å²) in [5.41, 5.74) is 0. The van der Waals surface area contributed by atoms with Crippen molar-refractivity contribution < 1.29 is 5.11 Å². The van der Waals surface area contributed by atoms with E-state index in [1.807, 2.05) is 11.8 Å². The molecule has 3 atom stereocenters. The zero-order chi connectivity index (χ0) is 16.9. The van der Waals surface area contributed by atoms with E-state index < -0.39 is 6.10 Å². The van der Waals surface area contributed by atoms with Crippen molar-refractivity contribution >= 4 is 23.4 Å². The number of aliphatic hydroxyl groups excluding tert-OH is 1. The van der Waals surface area contributed by atoms with Gasteiger partial charge in [0.2, 0.25) is 0 Å². The lowest BCUT2D eigenvalue weighted by Gasteiger charge is -2.23. The number of alkyl halides is 1. The molecule has 2 aliphatic carbocycles.